The van der Waals surface area contributed by atoms with E-state index in [1.54, 1.807) is 18.2 Å². The maximum atomic E-state index is 12.3. The van der Waals surface area contributed by atoms with Crippen molar-refractivity contribution in [1.82, 2.24) is 10.2 Å². The minimum atomic E-state index is -0.531. The first-order valence-electron chi connectivity index (χ1n) is 8.75. The normalized spacial score (nSPS) is 14.2. The largest absolute Gasteiger partial charge is 0.456 e. The Kier molecular flexibility index (Phi) is 6.49. The molecule has 7 nitrogen and oxygen atoms in total. The average Bonchev–Trinajstić information content (AvgIpc) is 2.84. The zero-order valence-electron chi connectivity index (χ0n) is 15.3. The van der Waals surface area contributed by atoms with Crippen LogP contribution in [0.1, 0.15) is 59.4 Å². The molecule has 1 aliphatic rings. The second-order valence-corrected chi connectivity index (χ2v) is 6.45. The van der Waals surface area contributed by atoms with Crippen molar-refractivity contribution in [3.63, 3.8) is 0 Å². The molecule has 2 rings (SSSR count). The van der Waals surface area contributed by atoms with Gasteiger partial charge in [-0.1, -0.05) is 18.6 Å². The van der Waals surface area contributed by atoms with Crippen molar-refractivity contribution in [2.24, 2.45) is 0 Å². The molecule has 1 atom stereocenters. The highest BCUT2D eigenvalue weighted by atomic mass is 16.5. The summed E-state index contributed by atoms with van der Waals surface area (Å²) in [6, 6.07) is 5.16. The highest BCUT2D eigenvalue weighted by molar-refractivity contribution is 6.21. The van der Waals surface area contributed by atoms with E-state index in [-0.39, 0.29) is 49.8 Å². The van der Waals surface area contributed by atoms with E-state index in [4.69, 9.17) is 4.74 Å². The molecule has 0 fully saturated rings. The minimum Gasteiger partial charge on any atom is -0.456 e. The van der Waals surface area contributed by atoms with Gasteiger partial charge in [-0.3, -0.25) is 24.1 Å². The zero-order valence-corrected chi connectivity index (χ0v) is 15.3. The van der Waals surface area contributed by atoms with Gasteiger partial charge in [-0.2, -0.15) is 0 Å². The van der Waals surface area contributed by atoms with Gasteiger partial charge in [0.15, 0.2) is 6.61 Å². The summed E-state index contributed by atoms with van der Waals surface area (Å²) in [5.41, 5.74) is 1.70. The molecular formula is C19H24N2O5. The quantitative estimate of drug-likeness (QED) is 0.564. The maximum Gasteiger partial charge on any atom is 0.306 e. The number of aryl methyl sites for hydroxylation is 1. The van der Waals surface area contributed by atoms with Crippen LogP contribution in [-0.2, 0) is 14.3 Å². The number of fused-ring (bicyclic) bond motifs is 1. The number of carbonyl (C=O) groups is 4. The number of imide groups is 1. The van der Waals surface area contributed by atoms with Crippen LogP contribution in [0.4, 0.5) is 0 Å². The van der Waals surface area contributed by atoms with Gasteiger partial charge >= 0.3 is 5.97 Å². The molecule has 1 unspecified atom stereocenters. The van der Waals surface area contributed by atoms with E-state index in [0.29, 0.717) is 11.1 Å². The summed E-state index contributed by atoms with van der Waals surface area (Å²) >= 11 is 0. The molecule has 1 aromatic carbocycles. The lowest BCUT2D eigenvalue weighted by molar-refractivity contribution is -0.148. The number of hydrogen-bond acceptors (Lipinski definition) is 5. The third kappa shape index (κ3) is 4.68. The predicted octanol–water partition coefficient (Wildman–Crippen LogP) is 1.83. The number of amides is 3. The van der Waals surface area contributed by atoms with Gasteiger partial charge in [0.2, 0.25) is 0 Å². The molecule has 7 heteroatoms. The van der Waals surface area contributed by atoms with Gasteiger partial charge in [-0.25, -0.2) is 0 Å². The molecule has 0 saturated heterocycles. The van der Waals surface area contributed by atoms with Crippen LogP contribution in [0.3, 0.4) is 0 Å². The summed E-state index contributed by atoms with van der Waals surface area (Å²) in [6.45, 7) is 5.48. The lowest BCUT2D eigenvalue weighted by atomic mass is 10.1. The van der Waals surface area contributed by atoms with E-state index in [1.807, 2.05) is 20.8 Å². The first-order chi connectivity index (χ1) is 12.3. The van der Waals surface area contributed by atoms with E-state index in [9.17, 15) is 19.2 Å². The number of rotatable bonds is 8. The van der Waals surface area contributed by atoms with Gasteiger partial charge in [0, 0.05) is 19.0 Å². The molecular weight excluding hydrogens is 336 g/mol. The number of esters is 1. The number of nitrogens with zero attached hydrogens (tertiary/aromatic N) is 1. The van der Waals surface area contributed by atoms with Crippen molar-refractivity contribution in [3.8, 4) is 0 Å². The van der Waals surface area contributed by atoms with Crippen LogP contribution in [0, 0.1) is 6.92 Å². The van der Waals surface area contributed by atoms with Gasteiger partial charge in [0.1, 0.15) is 0 Å². The molecule has 1 heterocycles. The Morgan fingerprint density at radius 2 is 1.88 bits per heavy atom. The number of benzene rings is 1. The van der Waals surface area contributed by atoms with Crippen molar-refractivity contribution in [1.29, 1.82) is 0 Å². The van der Waals surface area contributed by atoms with Gasteiger partial charge in [0.25, 0.3) is 17.7 Å². The zero-order chi connectivity index (χ0) is 19.3. The minimum absolute atomic E-state index is 0.0265. The first kappa shape index (κ1) is 19.6. The van der Waals surface area contributed by atoms with Crippen molar-refractivity contribution in [2.75, 3.05) is 13.2 Å². The van der Waals surface area contributed by atoms with Crippen molar-refractivity contribution in [2.45, 2.75) is 46.1 Å². The van der Waals surface area contributed by atoms with Crippen LogP contribution in [-0.4, -0.2) is 47.8 Å². The van der Waals surface area contributed by atoms with Crippen LogP contribution in [0.2, 0.25) is 0 Å². The molecule has 26 heavy (non-hydrogen) atoms. The maximum absolute atomic E-state index is 12.3. The Labute approximate surface area is 152 Å². The van der Waals surface area contributed by atoms with Crippen LogP contribution >= 0.6 is 0 Å². The van der Waals surface area contributed by atoms with E-state index in [0.717, 1.165) is 16.9 Å². The fourth-order valence-corrected chi connectivity index (χ4v) is 2.63. The monoisotopic (exact) mass is 360 g/mol. The fourth-order valence-electron chi connectivity index (χ4n) is 2.63. The van der Waals surface area contributed by atoms with Crippen LogP contribution in [0.15, 0.2) is 18.2 Å². The Morgan fingerprint density at radius 1 is 1.19 bits per heavy atom. The molecule has 3 amide bonds. The third-order valence-electron chi connectivity index (χ3n) is 4.27. The van der Waals surface area contributed by atoms with E-state index < -0.39 is 5.97 Å². The molecule has 0 bridgehead atoms. The summed E-state index contributed by atoms with van der Waals surface area (Å²) in [5, 5.41) is 2.70. The molecule has 0 radical (unpaired) electrons. The van der Waals surface area contributed by atoms with Gasteiger partial charge in [0.05, 0.1) is 11.1 Å². The molecule has 1 aliphatic heterocycles. The Morgan fingerprint density at radius 3 is 2.58 bits per heavy atom. The predicted molar refractivity (Wildman–Crippen MR) is 94.6 cm³/mol. The Balaban J connectivity index is 1.76. The number of carbonyl (C=O) groups excluding carboxylic acids is 4. The Hall–Kier alpha value is -2.70. The highest BCUT2D eigenvalue weighted by Crippen LogP contribution is 2.24. The third-order valence-corrected chi connectivity index (χ3v) is 4.27. The molecule has 0 aromatic heterocycles. The molecule has 1 N–H and O–H groups in total. The number of hydrogen-bond donors (Lipinski definition) is 1. The first-order valence-corrected chi connectivity index (χ1v) is 8.75. The smallest absolute Gasteiger partial charge is 0.306 e. The average molecular weight is 360 g/mol. The highest BCUT2D eigenvalue weighted by Gasteiger charge is 2.34. The second-order valence-electron chi connectivity index (χ2n) is 6.45. The SMILES string of the molecule is CCC(C)NC(=O)COC(=O)CCCN1C(=O)c2ccc(C)cc2C1=O. The molecule has 0 aliphatic carbocycles. The van der Waals surface area contributed by atoms with Crippen LogP contribution < -0.4 is 5.32 Å². The standard InChI is InChI=1S/C19H24N2O5/c1-4-13(3)20-16(22)11-26-17(23)6-5-9-21-18(24)14-8-7-12(2)10-15(14)19(21)25/h7-8,10,13H,4-6,9,11H2,1-3H3,(H,20,22). The number of ether oxygens (including phenoxy) is 1. The van der Waals surface area contributed by atoms with E-state index >= 15 is 0 Å². The van der Waals surface area contributed by atoms with Crippen molar-refractivity contribution in [3.05, 3.63) is 34.9 Å². The second kappa shape index (κ2) is 8.60. The molecule has 140 valence electrons. The van der Waals surface area contributed by atoms with Crippen LogP contribution in [0.5, 0.6) is 0 Å². The summed E-state index contributed by atoms with van der Waals surface area (Å²) < 4.78 is 4.91. The summed E-state index contributed by atoms with van der Waals surface area (Å²) in [5.74, 6) is -1.55. The summed E-state index contributed by atoms with van der Waals surface area (Å²) in [7, 11) is 0. The lowest BCUT2D eigenvalue weighted by Gasteiger charge is -2.13. The van der Waals surface area contributed by atoms with Crippen molar-refractivity contribution < 1.29 is 23.9 Å². The van der Waals surface area contributed by atoms with Crippen molar-refractivity contribution >= 4 is 23.7 Å². The molecule has 0 spiro atoms. The summed E-state index contributed by atoms with van der Waals surface area (Å²) in [4.78, 5) is 49.0. The Bertz CT molecular complexity index is 729. The topological polar surface area (TPSA) is 92.8 Å². The van der Waals surface area contributed by atoms with E-state index in [2.05, 4.69) is 5.32 Å². The van der Waals surface area contributed by atoms with Gasteiger partial charge in [-0.05, 0) is 38.8 Å². The summed E-state index contributed by atoms with van der Waals surface area (Å²) in [6.07, 6.45) is 1.11. The number of nitrogens with one attached hydrogen (secondary N) is 1. The van der Waals surface area contributed by atoms with Gasteiger partial charge < -0.3 is 10.1 Å². The molecule has 0 saturated carbocycles. The lowest BCUT2D eigenvalue weighted by Crippen LogP contribution is -2.35. The van der Waals surface area contributed by atoms with Gasteiger partial charge in [-0.15, -0.1) is 0 Å². The van der Waals surface area contributed by atoms with E-state index in [1.165, 1.54) is 0 Å². The molecule has 1 aromatic rings. The van der Waals surface area contributed by atoms with Crippen LogP contribution in [0.25, 0.3) is 0 Å². The fraction of sp³-hybridized carbons (Fsp3) is 0.474.